The molecule has 0 aliphatic heterocycles. The third-order valence-electron chi connectivity index (χ3n) is 5.48. The highest BCUT2D eigenvalue weighted by atomic mass is 32.1. The molecular formula is C25H29N7S. The van der Waals surface area contributed by atoms with E-state index in [1.54, 1.807) is 23.7 Å². The van der Waals surface area contributed by atoms with Crippen molar-refractivity contribution in [1.29, 1.82) is 0 Å². The van der Waals surface area contributed by atoms with E-state index in [2.05, 4.69) is 63.2 Å². The molecule has 0 saturated heterocycles. The van der Waals surface area contributed by atoms with Gasteiger partial charge in [-0.3, -0.25) is 4.98 Å². The van der Waals surface area contributed by atoms with Crippen molar-refractivity contribution >= 4 is 27.4 Å². The van der Waals surface area contributed by atoms with Gasteiger partial charge < -0.3 is 21.7 Å². The Morgan fingerprint density at radius 1 is 1.12 bits per heavy atom. The lowest BCUT2D eigenvalue weighted by Gasteiger charge is -2.16. The lowest BCUT2D eigenvalue weighted by Crippen LogP contribution is -2.18. The second kappa shape index (κ2) is 10.4. The van der Waals surface area contributed by atoms with Gasteiger partial charge >= 0.3 is 0 Å². The Morgan fingerprint density at radius 2 is 2.00 bits per heavy atom. The standard InChI is InChI=1S/C25H29N7S/c1-16-13-20(21(15-31-16)17(2)27-3)19-6-4-5-18-14-23(33-24(18)19)22-7-9-29-25(32-22)30-12-11-28-10-8-26/h4-10,13-15,17,27-28H,11-12,26H2,1-3H3,(H,29,30,32)/b10-8-. The average molecular weight is 460 g/mol. The van der Waals surface area contributed by atoms with Gasteiger partial charge in [0, 0.05) is 54.3 Å². The van der Waals surface area contributed by atoms with Gasteiger partial charge in [-0.1, -0.05) is 18.2 Å². The van der Waals surface area contributed by atoms with E-state index in [1.165, 1.54) is 33.0 Å². The van der Waals surface area contributed by atoms with Crippen LogP contribution in [0, 0.1) is 6.92 Å². The van der Waals surface area contributed by atoms with Gasteiger partial charge in [-0.05, 0) is 61.2 Å². The molecule has 0 saturated carbocycles. The van der Waals surface area contributed by atoms with Gasteiger partial charge in [0.05, 0.1) is 10.6 Å². The molecule has 0 amide bonds. The number of aryl methyl sites for hydroxylation is 1. The van der Waals surface area contributed by atoms with E-state index in [0.717, 1.165) is 22.8 Å². The molecule has 7 nitrogen and oxygen atoms in total. The van der Waals surface area contributed by atoms with Crippen LogP contribution in [0.2, 0.25) is 0 Å². The Bertz CT molecular complexity index is 1260. The Balaban J connectivity index is 1.68. The number of hydrogen-bond donors (Lipinski definition) is 4. The van der Waals surface area contributed by atoms with Gasteiger partial charge in [-0.2, -0.15) is 0 Å². The summed E-state index contributed by atoms with van der Waals surface area (Å²) in [6.07, 6.45) is 6.96. The highest BCUT2D eigenvalue weighted by Crippen LogP contribution is 2.40. The number of fused-ring (bicyclic) bond motifs is 1. The Morgan fingerprint density at radius 3 is 2.82 bits per heavy atom. The molecule has 4 aromatic rings. The van der Waals surface area contributed by atoms with Gasteiger partial charge in [0.15, 0.2) is 0 Å². The van der Waals surface area contributed by atoms with Crippen LogP contribution < -0.4 is 21.7 Å². The molecule has 0 radical (unpaired) electrons. The number of thiophene rings is 1. The number of nitrogens with two attached hydrogens (primary N) is 1. The topological polar surface area (TPSA) is 101 Å². The molecule has 5 N–H and O–H groups in total. The Hall–Kier alpha value is -3.49. The highest BCUT2D eigenvalue weighted by molar-refractivity contribution is 7.22. The summed E-state index contributed by atoms with van der Waals surface area (Å²) in [5.41, 5.74) is 10.9. The fourth-order valence-corrected chi connectivity index (χ4v) is 4.84. The maximum atomic E-state index is 5.33. The predicted molar refractivity (Wildman–Crippen MR) is 138 cm³/mol. The SMILES string of the molecule is CNC(C)c1cnc(C)cc1-c1cccc2cc(-c3ccnc(NCCN/C=C\N)n3)sc12. The lowest BCUT2D eigenvalue weighted by atomic mass is 9.96. The number of aromatic nitrogens is 3. The minimum atomic E-state index is 0.202. The highest BCUT2D eigenvalue weighted by Gasteiger charge is 2.16. The van der Waals surface area contributed by atoms with Crippen molar-refractivity contribution in [2.24, 2.45) is 5.73 Å². The van der Waals surface area contributed by atoms with Crippen molar-refractivity contribution < 1.29 is 0 Å². The molecule has 170 valence electrons. The number of nitrogens with one attached hydrogen (secondary N) is 3. The molecule has 3 heterocycles. The zero-order valence-electron chi connectivity index (χ0n) is 19.1. The van der Waals surface area contributed by atoms with Crippen molar-refractivity contribution in [3.05, 3.63) is 72.4 Å². The first kappa shape index (κ1) is 22.7. The first-order valence-electron chi connectivity index (χ1n) is 10.9. The summed E-state index contributed by atoms with van der Waals surface area (Å²) in [5.74, 6) is 0.610. The van der Waals surface area contributed by atoms with Crippen LogP contribution in [0.15, 0.2) is 61.2 Å². The maximum Gasteiger partial charge on any atom is 0.223 e. The fraction of sp³-hybridized carbons (Fsp3) is 0.240. The van der Waals surface area contributed by atoms with Gasteiger partial charge in [-0.25, -0.2) is 9.97 Å². The van der Waals surface area contributed by atoms with Crippen molar-refractivity contribution in [2.75, 3.05) is 25.5 Å². The predicted octanol–water partition coefficient (Wildman–Crippen LogP) is 4.44. The van der Waals surface area contributed by atoms with E-state index in [-0.39, 0.29) is 6.04 Å². The zero-order valence-corrected chi connectivity index (χ0v) is 19.9. The molecule has 0 fully saturated rings. The van der Waals surface area contributed by atoms with Crippen LogP contribution in [0.25, 0.3) is 31.8 Å². The summed E-state index contributed by atoms with van der Waals surface area (Å²) in [7, 11) is 1.98. The minimum Gasteiger partial charge on any atom is -0.403 e. The monoisotopic (exact) mass is 459 g/mol. The van der Waals surface area contributed by atoms with E-state index in [9.17, 15) is 0 Å². The van der Waals surface area contributed by atoms with Gasteiger partial charge in [0.2, 0.25) is 5.95 Å². The fourth-order valence-electron chi connectivity index (χ4n) is 3.68. The Labute approximate surface area is 198 Å². The van der Waals surface area contributed by atoms with Crippen LogP contribution in [0.1, 0.15) is 24.2 Å². The number of benzene rings is 1. The van der Waals surface area contributed by atoms with Crippen LogP contribution in [0.5, 0.6) is 0 Å². The normalized spacial score (nSPS) is 12.3. The molecule has 3 aromatic heterocycles. The number of anilines is 1. The second-order valence-electron chi connectivity index (χ2n) is 7.76. The zero-order chi connectivity index (χ0) is 23.2. The smallest absolute Gasteiger partial charge is 0.223 e. The molecular weight excluding hydrogens is 430 g/mol. The largest absolute Gasteiger partial charge is 0.403 e. The van der Waals surface area contributed by atoms with E-state index in [1.807, 2.05) is 26.2 Å². The maximum absolute atomic E-state index is 5.33. The molecule has 33 heavy (non-hydrogen) atoms. The van der Waals surface area contributed by atoms with Crippen LogP contribution in [0.3, 0.4) is 0 Å². The third-order valence-corrected chi connectivity index (χ3v) is 6.69. The summed E-state index contributed by atoms with van der Waals surface area (Å²) in [6, 6.07) is 13.0. The summed E-state index contributed by atoms with van der Waals surface area (Å²) >= 11 is 1.76. The third kappa shape index (κ3) is 5.13. The molecule has 0 aliphatic rings. The molecule has 1 unspecified atom stereocenters. The van der Waals surface area contributed by atoms with Crippen molar-refractivity contribution in [1.82, 2.24) is 25.6 Å². The molecule has 1 atom stereocenters. The van der Waals surface area contributed by atoms with Crippen LogP contribution in [-0.4, -0.2) is 35.1 Å². The molecule has 0 aliphatic carbocycles. The van der Waals surface area contributed by atoms with Gasteiger partial charge in [0.1, 0.15) is 0 Å². The number of nitrogens with zero attached hydrogens (tertiary/aromatic N) is 3. The molecule has 8 heteroatoms. The van der Waals surface area contributed by atoms with Crippen LogP contribution in [0.4, 0.5) is 5.95 Å². The van der Waals surface area contributed by atoms with E-state index < -0.39 is 0 Å². The Kier molecular flexibility index (Phi) is 7.16. The van der Waals surface area contributed by atoms with Crippen molar-refractivity contribution in [3.8, 4) is 21.7 Å². The van der Waals surface area contributed by atoms with Crippen molar-refractivity contribution in [3.63, 3.8) is 0 Å². The summed E-state index contributed by atoms with van der Waals surface area (Å²) in [6.45, 7) is 5.62. The first-order valence-corrected chi connectivity index (χ1v) is 11.8. The lowest BCUT2D eigenvalue weighted by molar-refractivity contribution is 0.651. The average Bonchev–Trinajstić information content (AvgIpc) is 3.28. The molecule has 4 rings (SSSR count). The summed E-state index contributed by atoms with van der Waals surface area (Å²) in [4.78, 5) is 14.7. The van der Waals surface area contributed by atoms with Crippen molar-refractivity contribution in [2.45, 2.75) is 19.9 Å². The van der Waals surface area contributed by atoms with E-state index in [0.29, 0.717) is 12.5 Å². The first-order chi connectivity index (χ1) is 16.1. The van der Waals surface area contributed by atoms with Crippen LogP contribution >= 0.6 is 11.3 Å². The summed E-state index contributed by atoms with van der Waals surface area (Å²) in [5, 5.41) is 10.9. The molecule has 0 bridgehead atoms. The summed E-state index contributed by atoms with van der Waals surface area (Å²) < 4.78 is 1.24. The quantitative estimate of drug-likeness (QED) is 0.275. The van der Waals surface area contributed by atoms with Crippen LogP contribution in [-0.2, 0) is 0 Å². The second-order valence-corrected chi connectivity index (χ2v) is 8.82. The van der Waals surface area contributed by atoms with E-state index in [4.69, 9.17) is 10.7 Å². The van der Waals surface area contributed by atoms with Gasteiger partial charge in [0.25, 0.3) is 0 Å². The van der Waals surface area contributed by atoms with Gasteiger partial charge in [-0.15, -0.1) is 11.3 Å². The molecule has 1 aromatic carbocycles. The number of rotatable bonds is 9. The minimum absolute atomic E-state index is 0.202. The number of pyridine rings is 1. The molecule has 0 spiro atoms. The number of hydrogen-bond acceptors (Lipinski definition) is 8. The van der Waals surface area contributed by atoms with E-state index >= 15 is 0 Å².